The van der Waals surface area contributed by atoms with Crippen molar-refractivity contribution < 1.29 is 50.5 Å². The Hall–Kier alpha value is -3.68. The number of likely N-dealkylation sites (tertiary alicyclic amines) is 1. The van der Waals surface area contributed by atoms with Crippen LogP contribution in [0.15, 0.2) is 42.5 Å². The van der Waals surface area contributed by atoms with E-state index in [0.717, 1.165) is 44.4 Å². The molecule has 43 heavy (non-hydrogen) atoms. The number of hydrogen-bond donors (Lipinski definition) is 3. The van der Waals surface area contributed by atoms with Crippen LogP contribution in [0.5, 0.6) is 11.5 Å². The standard InChI is InChI=1S/C27H34F3N3O3.C2HF3O2/c1-17(2)33-14-13-26(19-7-10-22(35-3)23(15-19)36-4)12-11-21(16-24(26)33)32-25(34)31-20-8-5-18(6-9-20)27(28,29)30;3-2(4,5)1(6)7/h5-10,15,17,21,24H,11-14,16H2,1-4H3,(H2,31,32,34);(H,6,7). The Labute approximate surface area is 245 Å². The number of halogens is 6. The number of carboxylic acids is 1. The van der Waals surface area contributed by atoms with Crippen LogP contribution in [0.4, 0.5) is 36.8 Å². The number of carbonyl (C=O) groups excluding carboxylic acids is 1. The number of urea groups is 1. The van der Waals surface area contributed by atoms with E-state index in [2.05, 4.69) is 41.5 Å². The zero-order chi connectivity index (χ0) is 32.2. The van der Waals surface area contributed by atoms with E-state index in [1.165, 1.54) is 17.7 Å². The number of carbonyl (C=O) groups is 2. The number of nitrogens with zero attached hydrogens (tertiary/aromatic N) is 1. The largest absolute Gasteiger partial charge is 0.493 e. The second-order valence-electron chi connectivity index (χ2n) is 10.8. The number of methoxy groups -OCH3 is 2. The maximum absolute atomic E-state index is 12.8. The molecule has 1 heterocycles. The quantitative estimate of drug-likeness (QED) is 0.322. The molecule has 2 aromatic carbocycles. The SMILES string of the molecule is COc1ccc(C23CCC(NC(=O)Nc4ccc(C(F)(F)F)cc4)CC2N(C(C)C)CC3)cc1OC.O=C(O)C(F)(F)F. The minimum absolute atomic E-state index is 0.0444. The highest BCUT2D eigenvalue weighted by atomic mass is 19.4. The first-order chi connectivity index (χ1) is 20.0. The predicted octanol–water partition coefficient (Wildman–Crippen LogP) is 6.45. The van der Waals surface area contributed by atoms with E-state index in [1.54, 1.807) is 14.2 Å². The van der Waals surface area contributed by atoms with Crippen LogP contribution in [-0.4, -0.2) is 67.1 Å². The Morgan fingerprint density at radius 2 is 1.58 bits per heavy atom. The average molecular weight is 620 g/mol. The number of carboxylic acid groups (broad SMARTS) is 1. The van der Waals surface area contributed by atoms with Crippen LogP contribution in [0.3, 0.4) is 0 Å². The minimum Gasteiger partial charge on any atom is -0.493 e. The first kappa shape index (κ1) is 33.8. The maximum atomic E-state index is 12.8. The van der Waals surface area contributed by atoms with Gasteiger partial charge in [0.25, 0.3) is 0 Å². The molecule has 2 aliphatic rings. The summed E-state index contributed by atoms with van der Waals surface area (Å²) in [6, 6.07) is 10.8. The number of ether oxygens (including phenoxy) is 2. The lowest BCUT2D eigenvalue weighted by Crippen LogP contribution is -2.54. The number of rotatable bonds is 6. The molecule has 0 spiro atoms. The third kappa shape index (κ3) is 8.03. The summed E-state index contributed by atoms with van der Waals surface area (Å²) in [5, 5.41) is 12.8. The predicted molar refractivity (Wildman–Crippen MR) is 146 cm³/mol. The number of amides is 2. The van der Waals surface area contributed by atoms with Crippen molar-refractivity contribution in [1.29, 1.82) is 0 Å². The molecule has 4 rings (SSSR count). The number of nitrogens with one attached hydrogen (secondary N) is 2. The smallest absolute Gasteiger partial charge is 0.490 e. The molecule has 3 atom stereocenters. The van der Waals surface area contributed by atoms with Gasteiger partial charge in [0.15, 0.2) is 11.5 Å². The zero-order valence-electron chi connectivity index (χ0n) is 24.1. The topological polar surface area (TPSA) is 100 Å². The number of aliphatic carboxylic acids is 1. The molecular weight excluding hydrogens is 584 g/mol. The summed E-state index contributed by atoms with van der Waals surface area (Å²) in [5.41, 5.74) is 0.746. The highest BCUT2D eigenvalue weighted by Gasteiger charge is 2.52. The Morgan fingerprint density at radius 3 is 2.09 bits per heavy atom. The summed E-state index contributed by atoms with van der Waals surface area (Å²) in [4.78, 5) is 24.1. The fraction of sp³-hybridized carbons (Fsp3) is 0.517. The van der Waals surface area contributed by atoms with Gasteiger partial charge in [0, 0.05) is 29.2 Å². The Balaban J connectivity index is 0.000000646. The van der Waals surface area contributed by atoms with Crippen molar-refractivity contribution in [2.45, 2.75) is 75.4 Å². The van der Waals surface area contributed by atoms with Gasteiger partial charge >= 0.3 is 24.4 Å². The molecule has 1 saturated heterocycles. The summed E-state index contributed by atoms with van der Waals surface area (Å²) >= 11 is 0. The monoisotopic (exact) mass is 619 g/mol. The van der Waals surface area contributed by atoms with E-state index in [9.17, 15) is 31.1 Å². The van der Waals surface area contributed by atoms with E-state index in [0.29, 0.717) is 23.2 Å². The van der Waals surface area contributed by atoms with Gasteiger partial charge in [-0.3, -0.25) is 4.90 Å². The van der Waals surface area contributed by atoms with Gasteiger partial charge in [-0.15, -0.1) is 0 Å². The molecule has 238 valence electrons. The fourth-order valence-corrected chi connectivity index (χ4v) is 5.91. The first-order valence-corrected chi connectivity index (χ1v) is 13.5. The van der Waals surface area contributed by atoms with Gasteiger partial charge < -0.3 is 25.2 Å². The van der Waals surface area contributed by atoms with Gasteiger partial charge in [-0.2, -0.15) is 26.3 Å². The van der Waals surface area contributed by atoms with Gasteiger partial charge in [0.05, 0.1) is 19.8 Å². The lowest BCUT2D eigenvalue weighted by Gasteiger charge is -2.46. The zero-order valence-corrected chi connectivity index (χ0v) is 24.1. The van der Waals surface area contributed by atoms with Crippen LogP contribution in [0.2, 0.25) is 0 Å². The Morgan fingerprint density at radius 1 is 0.977 bits per heavy atom. The fourth-order valence-electron chi connectivity index (χ4n) is 5.91. The lowest BCUT2D eigenvalue weighted by molar-refractivity contribution is -0.192. The highest BCUT2D eigenvalue weighted by Crippen LogP contribution is 2.51. The van der Waals surface area contributed by atoms with Crippen molar-refractivity contribution in [3.63, 3.8) is 0 Å². The third-order valence-electron chi connectivity index (χ3n) is 7.97. The molecular formula is C29H35F6N3O5. The Kier molecular flexibility index (Phi) is 10.5. The van der Waals surface area contributed by atoms with Crippen molar-refractivity contribution in [3.05, 3.63) is 53.6 Å². The van der Waals surface area contributed by atoms with E-state index in [4.69, 9.17) is 19.4 Å². The third-order valence-corrected chi connectivity index (χ3v) is 7.97. The summed E-state index contributed by atoms with van der Waals surface area (Å²) in [5.74, 6) is -1.35. The maximum Gasteiger partial charge on any atom is 0.490 e. The van der Waals surface area contributed by atoms with Crippen LogP contribution in [0.1, 0.15) is 50.7 Å². The number of fused-ring (bicyclic) bond motifs is 1. The van der Waals surface area contributed by atoms with Crippen molar-refractivity contribution in [2.75, 3.05) is 26.1 Å². The molecule has 0 aromatic heterocycles. The molecule has 3 N–H and O–H groups in total. The molecule has 2 fully saturated rings. The van der Waals surface area contributed by atoms with Gasteiger partial charge in [-0.1, -0.05) is 6.07 Å². The van der Waals surface area contributed by atoms with Crippen molar-refractivity contribution >= 4 is 17.7 Å². The number of alkyl halides is 6. The van der Waals surface area contributed by atoms with Crippen molar-refractivity contribution in [1.82, 2.24) is 10.2 Å². The average Bonchev–Trinajstić information content (AvgIpc) is 3.32. The molecule has 2 amide bonds. The molecule has 0 bridgehead atoms. The summed E-state index contributed by atoms with van der Waals surface area (Å²) in [7, 11) is 3.27. The Bertz CT molecular complexity index is 1270. The van der Waals surface area contributed by atoms with Crippen molar-refractivity contribution in [3.8, 4) is 11.5 Å². The highest BCUT2D eigenvalue weighted by molar-refractivity contribution is 5.89. The molecule has 8 nitrogen and oxygen atoms in total. The minimum atomic E-state index is -5.08. The van der Waals surface area contributed by atoms with Crippen LogP contribution < -0.4 is 20.1 Å². The molecule has 1 aliphatic heterocycles. The normalized spacial score (nSPS) is 22.2. The summed E-state index contributed by atoms with van der Waals surface area (Å²) in [6.45, 7) is 5.36. The van der Waals surface area contributed by atoms with Crippen LogP contribution in [0.25, 0.3) is 0 Å². The summed E-state index contributed by atoms with van der Waals surface area (Å²) < 4.78 is 81.2. The second-order valence-corrected chi connectivity index (χ2v) is 10.8. The van der Waals surface area contributed by atoms with Crippen LogP contribution >= 0.6 is 0 Å². The van der Waals surface area contributed by atoms with E-state index >= 15 is 0 Å². The molecule has 2 aromatic rings. The molecule has 1 saturated carbocycles. The second kappa shape index (κ2) is 13.3. The van der Waals surface area contributed by atoms with Crippen LogP contribution in [-0.2, 0) is 16.4 Å². The molecule has 0 radical (unpaired) electrons. The molecule has 14 heteroatoms. The lowest BCUT2D eigenvalue weighted by atomic mass is 9.65. The van der Waals surface area contributed by atoms with Gasteiger partial charge in [0.1, 0.15) is 0 Å². The van der Waals surface area contributed by atoms with E-state index < -0.39 is 29.9 Å². The van der Waals surface area contributed by atoms with Crippen molar-refractivity contribution in [2.24, 2.45) is 0 Å². The summed E-state index contributed by atoms with van der Waals surface area (Å²) in [6.07, 6.45) is -5.98. The van der Waals surface area contributed by atoms with E-state index in [1.807, 2.05) is 6.07 Å². The first-order valence-electron chi connectivity index (χ1n) is 13.5. The van der Waals surface area contributed by atoms with Gasteiger partial charge in [-0.25, -0.2) is 9.59 Å². The number of hydrogen-bond acceptors (Lipinski definition) is 5. The van der Waals surface area contributed by atoms with E-state index in [-0.39, 0.29) is 17.5 Å². The molecule has 3 unspecified atom stereocenters. The number of anilines is 1. The van der Waals surface area contributed by atoms with Gasteiger partial charge in [0.2, 0.25) is 0 Å². The molecule has 1 aliphatic carbocycles. The van der Waals surface area contributed by atoms with Gasteiger partial charge in [-0.05, 0) is 88.0 Å². The van der Waals surface area contributed by atoms with Crippen LogP contribution in [0, 0.1) is 0 Å². The number of benzene rings is 2.